The second-order valence-electron chi connectivity index (χ2n) is 4.73. The number of aromatic nitrogens is 1. The summed E-state index contributed by atoms with van der Waals surface area (Å²) in [6.45, 7) is 0. The number of nitro groups is 1. The quantitative estimate of drug-likeness (QED) is 0.654. The van der Waals surface area contributed by atoms with Gasteiger partial charge in [0.1, 0.15) is 0 Å². The number of nitro benzene ring substituents is 1. The molecule has 1 aromatic carbocycles. The van der Waals surface area contributed by atoms with E-state index in [9.17, 15) is 14.9 Å². The zero-order valence-electron chi connectivity index (χ0n) is 10.7. The zero-order valence-corrected chi connectivity index (χ0v) is 13.1. The minimum absolute atomic E-state index is 0.138. The molecule has 8 heteroatoms. The zero-order chi connectivity index (χ0) is 15.0. The number of carbonyl (C=O) groups excluding carboxylic acids is 1. The SMILES string of the molecule is O=C(Nc1nc(C2CC2)cs1)c1ccc(Br)c([N+](=O)[O-])c1. The lowest BCUT2D eigenvalue weighted by atomic mass is 10.2. The van der Waals surface area contributed by atoms with Gasteiger partial charge in [-0.05, 0) is 40.9 Å². The van der Waals surface area contributed by atoms with Crippen LogP contribution in [0.4, 0.5) is 10.8 Å². The molecule has 1 aromatic heterocycles. The molecule has 0 atom stereocenters. The van der Waals surface area contributed by atoms with Crippen LogP contribution in [0.25, 0.3) is 0 Å². The highest BCUT2D eigenvalue weighted by molar-refractivity contribution is 9.10. The summed E-state index contributed by atoms with van der Waals surface area (Å²) in [7, 11) is 0. The van der Waals surface area contributed by atoms with Crippen molar-refractivity contribution in [3.63, 3.8) is 0 Å². The Labute approximate surface area is 132 Å². The van der Waals surface area contributed by atoms with E-state index < -0.39 is 10.8 Å². The molecule has 1 N–H and O–H groups in total. The first-order valence-corrected chi connectivity index (χ1v) is 7.92. The third-order valence-electron chi connectivity index (χ3n) is 3.14. The summed E-state index contributed by atoms with van der Waals surface area (Å²) in [6.07, 6.45) is 2.30. The number of nitrogens with one attached hydrogen (secondary N) is 1. The molecule has 108 valence electrons. The summed E-state index contributed by atoms with van der Waals surface area (Å²) >= 11 is 4.46. The van der Waals surface area contributed by atoms with Crippen molar-refractivity contribution in [3.8, 4) is 0 Å². The lowest BCUT2D eigenvalue weighted by Crippen LogP contribution is -2.12. The number of rotatable bonds is 4. The van der Waals surface area contributed by atoms with Gasteiger partial charge in [0.2, 0.25) is 0 Å². The van der Waals surface area contributed by atoms with E-state index in [0.29, 0.717) is 15.5 Å². The molecule has 0 unspecified atom stereocenters. The standard InChI is InChI=1S/C13H10BrN3O3S/c14-9-4-3-8(5-11(9)17(19)20)12(18)16-13-15-10(6-21-13)7-1-2-7/h3-7H,1-2H2,(H,15,16,18). The maximum absolute atomic E-state index is 12.1. The summed E-state index contributed by atoms with van der Waals surface area (Å²) in [4.78, 5) is 26.8. The van der Waals surface area contributed by atoms with Crippen molar-refractivity contribution < 1.29 is 9.72 Å². The van der Waals surface area contributed by atoms with Crippen LogP contribution in [-0.4, -0.2) is 15.8 Å². The van der Waals surface area contributed by atoms with E-state index in [-0.39, 0.29) is 11.3 Å². The Kier molecular flexibility index (Phi) is 3.73. The summed E-state index contributed by atoms with van der Waals surface area (Å²) in [5, 5.41) is 16.0. The summed E-state index contributed by atoms with van der Waals surface area (Å²) in [5.74, 6) is 0.128. The molecule has 0 saturated heterocycles. The highest BCUT2D eigenvalue weighted by atomic mass is 79.9. The average Bonchev–Trinajstić information content (AvgIpc) is 3.19. The second kappa shape index (κ2) is 5.53. The molecule has 1 aliphatic carbocycles. The summed E-state index contributed by atoms with van der Waals surface area (Å²) in [5.41, 5.74) is 1.10. The van der Waals surface area contributed by atoms with Crippen LogP contribution in [0.3, 0.4) is 0 Å². The van der Waals surface area contributed by atoms with E-state index in [4.69, 9.17) is 0 Å². The first-order valence-electron chi connectivity index (χ1n) is 6.25. The summed E-state index contributed by atoms with van der Waals surface area (Å²) in [6, 6.07) is 4.27. The smallest absolute Gasteiger partial charge is 0.284 e. The molecule has 1 heterocycles. The van der Waals surface area contributed by atoms with Gasteiger partial charge in [-0.25, -0.2) is 4.98 Å². The van der Waals surface area contributed by atoms with Crippen molar-refractivity contribution in [3.05, 3.63) is 49.4 Å². The molecule has 0 bridgehead atoms. The average molecular weight is 368 g/mol. The second-order valence-corrected chi connectivity index (χ2v) is 6.44. The van der Waals surface area contributed by atoms with Crippen LogP contribution in [0.2, 0.25) is 0 Å². The van der Waals surface area contributed by atoms with E-state index in [1.807, 2.05) is 5.38 Å². The minimum atomic E-state index is -0.532. The van der Waals surface area contributed by atoms with Gasteiger partial charge >= 0.3 is 0 Å². The molecule has 21 heavy (non-hydrogen) atoms. The van der Waals surface area contributed by atoms with Crippen LogP contribution in [0.1, 0.15) is 34.8 Å². The van der Waals surface area contributed by atoms with Gasteiger partial charge in [0, 0.05) is 22.9 Å². The molecule has 1 aliphatic rings. The lowest BCUT2D eigenvalue weighted by molar-refractivity contribution is -0.385. The largest absolute Gasteiger partial charge is 0.298 e. The Morgan fingerprint density at radius 3 is 2.90 bits per heavy atom. The van der Waals surface area contributed by atoms with Crippen molar-refractivity contribution in [2.75, 3.05) is 5.32 Å². The number of hydrogen-bond donors (Lipinski definition) is 1. The molecular weight excluding hydrogens is 358 g/mol. The van der Waals surface area contributed by atoms with Crippen LogP contribution in [0.15, 0.2) is 28.1 Å². The fourth-order valence-corrected chi connectivity index (χ4v) is 3.05. The predicted octanol–water partition coefficient (Wildman–Crippen LogP) is 3.94. The first-order chi connectivity index (χ1) is 10.0. The Morgan fingerprint density at radius 1 is 1.48 bits per heavy atom. The molecule has 1 saturated carbocycles. The number of nitrogens with zero attached hydrogens (tertiary/aromatic N) is 2. The van der Waals surface area contributed by atoms with E-state index in [2.05, 4.69) is 26.2 Å². The third-order valence-corrected chi connectivity index (χ3v) is 4.59. The Bertz CT molecular complexity index is 727. The molecule has 0 radical (unpaired) electrons. The van der Waals surface area contributed by atoms with Crippen molar-refractivity contribution >= 4 is 44.0 Å². The fraction of sp³-hybridized carbons (Fsp3) is 0.231. The maximum atomic E-state index is 12.1. The molecule has 3 rings (SSSR count). The third kappa shape index (κ3) is 3.11. The van der Waals surface area contributed by atoms with Gasteiger partial charge in [0.25, 0.3) is 11.6 Å². The molecule has 0 aliphatic heterocycles. The van der Waals surface area contributed by atoms with Crippen molar-refractivity contribution in [1.29, 1.82) is 0 Å². The van der Waals surface area contributed by atoms with Gasteiger partial charge in [-0.3, -0.25) is 20.2 Å². The van der Waals surface area contributed by atoms with Crippen LogP contribution in [-0.2, 0) is 0 Å². The molecule has 1 fully saturated rings. The number of benzene rings is 1. The van der Waals surface area contributed by atoms with Crippen molar-refractivity contribution in [1.82, 2.24) is 4.98 Å². The van der Waals surface area contributed by atoms with Crippen molar-refractivity contribution in [2.24, 2.45) is 0 Å². The van der Waals surface area contributed by atoms with Crippen LogP contribution < -0.4 is 5.32 Å². The fourth-order valence-electron chi connectivity index (χ4n) is 1.87. The van der Waals surface area contributed by atoms with Crippen LogP contribution in [0, 0.1) is 10.1 Å². The van der Waals surface area contributed by atoms with Crippen LogP contribution >= 0.6 is 27.3 Å². The van der Waals surface area contributed by atoms with Gasteiger partial charge in [0.15, 0.2) is 5.13 Å². The number of anilines is 1. The molecular formula is C13H10BrN3O3S. The monoisotopic (exact) mass is 367 g/mol. The van der Waals surface area contributed by atoms with Crippen LogP contribution in [0.5, 0.6) is 0 Å². The van der Waals surface area contributed by atoms with E-state index >= 15 is 0 Å². The Morgan fingerprint density at radius 2 is 2.24 bits per heavy atom. The van der Waals surface area contributed by atoms with E-state index in [1.54, 1.807) is 0 Å². The van der Waals surface area contributed by atoms with Gasteiger partial charge in [-0.15, -0.1) is 11.3 Å². The van der Waals surface area contributed by atoms with E-state index in [0.717, 1.165) is 18.5 Å². The van der Waals surface area contributed by atoms with Gasteiger partial charge < -0.3 is 0 Å². The number of carbonyl (C=O) groups is 1. The first kappa shape index (κ1) is 14.2. The van der Waals surface area contributed by atoms with Gasteiger partial charge in [-0.1, -0.05) is 0 Å². The van der Waals surface area contributed by atoms with Gasteiger partial charge in [-0.2, -0.15) is 0 Å². The maximum Gasteiger partial charge on any atom is 0.284 e. The lowest BCUT2D eigenvalue weighted by Gasteiger charge is -2.02. The number of halogens is 1. The number of hydrogen-bond acceptors (Lipinski definition) is 5. The van der Waals surface area contributed by atoms with E-state index in [1.165, 1.54) is 29.5 Å². The topological polar surface area (TPSA) is 85.1 Å². The predicted molar refractivity (Wildman–Crippen MR) is 82.8 cm³/mol. The molecule has 0 spiro atoms. The number of thiazole rings is 1. The molecule has 6 nitrogen and oxygen atoms in total. The normalized spacial score (nSPS) is 14.0. The Hall–Kier alpha value is -1.80. The summed E-state index contributed by atoms with van der Waals surface area (Å²) < 4.78 is 0.342. The van der Waals surface area contributed by atoms with Crippen molar-refractivity contribution in [2.45, 2.75) is 18.8 Å². The molecule has 1 amide bonds. The highest BCUT2D eigenvalue weighted by Crippen LogP contribution is 2.40. The minimum Gasteiger partial charge on any atom is -0.298 e. The van der Waals surface area contributed by atoms with Gasteiger partial charge in [0.05, 0.1) is 15.1 Å². The molecule has 2 aromatic rings. The highest BCUT2D eigenvalue weighted by Gasteiger charge is 2.26. The number of amides is 1. The Balaban J connectivity index is 1.77.